The Bertz CT molecular complexity index is 828. The van der Waals surface area contributed by atoms with Crippen LogP contribution in [0.4, 0.5) is 10.2 Å². The molecule has 0 fully saturated rings. The molecule has 0 atom stereocenters. The first-order chi connectivity index (χ1) is 9.97. The van der Waals surface area contributed by atoms with Crippen molar-refractivity contribution in [3.05, 3.63) is 29.8 Å². The highest BCUT2D eigenvalue weighted by atomic mass is 19.1. The number of H-pyrrole nitrogens is 1. The van der Waals surface area contributed by atoms with Gasteiger partial charge >= 0.3 is 0 Å². The van der Waals surface area contributed by atoms with Crippen molar-refractivity contribution in [3.8, 4) is 17.0 Å². The van der Waals surface area contributed by atoms with Crippen molar-refractivity contribution in [2.45, 2.75) is 19.8 Å². The number of anilines is 1. The van der Waals surface area contributed by atoms with E-state index < -0.39 is 11.6 Å². The van der Waals surface area contributed by atoms with Crippen LogP contribution in [0.15, 0.2) is 18.2 Å². The van der Waals surface area contributed by atoms with E-state index in [1.54, 1.807) is 0 Å². The summed E-state index contributed by atoms with van der Waals surface area (Å²) in [5.41, 5.74) is 7.56. The van der Waals surface area contributed by atoms with Crippen LogP contribution in [0.25, 0.3) is 22.3 Å². The molecule has 108 valence electrons. The average molecular weight is 287 g/mol. The van der Waals surface area contributed by atoms with Gasteiger partial charge in [0.2, 0.25) is 0 Å². The van der Waals surface area contributed by atoms with Crippen molar-refractivity contribution >= 4 is 16.9 Å². The van der Waals surface area contributed by atoms with Crippen LogP contribution < -0.4 is 5.73 Å². The van der Waals surface area contributed by atoms with Crippen molar-refractivity contribution in [2.75, 3.05) is 5.73 Å². The van der Waals surface area contributed by atoms with Crippen LogP contribution in [0.1, 0.15) is 25.6 Å². The Morgan fingerprint density at radius 1 is 1.29 bits per heavy atom. The number of benzene rings is 1. The number of rotatable bonds is 2. The summed E-state index contributed by atoms with van der Waals surface area (Å²) in [6, 6.07) is 4.01. The number of phenolic OH excluding ortho intramolecular Hbond substituents is 1. The van der Waals surface area contributed by atoms with E-state index in [0.717, 1.165) is 0 Å². The summed E-state index contributed by atoms with van der Waals surface area (Å²) in [6.07, 6.45) is 0. The first kappa shape index (κ1) is 13.3. The Kier molecular flexibility index (Phi) is 2.97. The molecule has 0 aliphatic carbocycles. The topological polar surface area (TPSA) is 101 Å². The number of nitrogens with two attached hydrogens (primary N) is 1. The summed E-state index contributed by atoms with van der Waals surface area (Å²) < 4.78 is 13.2. The van der Waals surface area contributed by atoms with Crippen LogP contribution in [0.2, 0.25) is 0 Å². The second-order valence-electron chi connectivity index (χ2n) is 5.09. The van der Waals surface area contributed by atoms with Crippen LogP contribution in [0.3, 0.4) is 0 Å². The lowest BCUT2D eigenvalue weighted by Crippen LogP contribution is -2.02. The van der Waals surface area contributed by atoms with Gasteiger partial charge < -0.3 is 10.8 Å². The zero-order chi connectivity index (χ0) is 15.1. The minimum Gasteiger partial charge on any atom is -0.505 e. The SMILES string of the molecule is CC(C)c1nc(N)c2c(-c3ccc(F)c(O)c3)[nH]nc2n1. The van der Waals surface area contributed by atoms with E-state index in [1.165, 1.54) is 18.2 Å². The molecule has 0 bridgehead atoms. The average Bonchev–Trinajstić information content (AvgIpc) is 2.86. The largest absolute Gasteiger partial charge is 0.505 e. The molecule has 0 radical (unpaired) electrons. The van der Waals surface area contributed by atoms with Gasteiger partial charge in [-0.3, -0.25) is 5.10 Å². The van der Waals surface area contributed by atoms with Crippen LogP contribution in [0.5, 0.6) is 5.75 Å². The zero-order valence-electron chi connectivity index (χ0n) is 11.6. The predicted octanol–water partition coefficient (Wildman–Crippen LogP) is 2.57. The van der Waals surface area contributed by atoms with E-state index >= 15 is 0 Å². The summed E-state index contributed by atoms with van der Waals surface area (Å²) in [7, 11) is 0. The first-order valence-corrected chi connectivity index (χ1v) is 6.47. The number of aromatic amines is 1. The summed E-state index contributed by atoms with van der Waals surface area (Å²) in [5, 5.41) is 17.0. The highest BCUT2D eigenvalue weighted by molar-refractivity contribution is 5.98. The van der Waals surface area contributed by atoms with E-state index in [0.29, 0.717) is 33.9 Å². The molecule has 6 nitrogen and oxygen atoms in total. The van der Waals surface area contributed by atoms with Crippen LogP contribution in [-0.2, 0) is 0 Å². The lowest BCUT2D eigenvalue weighted by Gasteiger charge is -2.06. The Morgan fingerprint density at radius 3 is 2.71 bits per heavy atom. The molecular formula is C14H14FN5O. The van der Waals surface area contributed by atoms with Crippen LogP contribution in [-0.4, -0.2) is 25.3 Å². The summed E-state index contributed by atoms with van der Waals surface area (Å²) >= 11 is 0. The molecule has 2 aromatic heterocycles. The van der Waals surface area contributed by atoms with Gasteiger partial charge in [0.15, 0.2) is 17.2 Å². The highest BCUT2D eigenvalue weighted by Crippen LogP contribution is 2.32. The standard InChI is InChI=1S/C14H14FN5O/c1-6(2)13-17-12(16)10-11(19-20-14(10)18-13)7-3-4-8(15)9(21)5-7/h3-6,21H,1-2H3,(H3,16,17,18,19,20). The Balaban J connectivity index is 2.22. The fourth-order valence-electron chi connectivity index (χ4n) is 2.10. The van der Waals surface area contributed by atoms with Crippen molar-refractivity contribution in [2.24, 2.45) is 0 Å². The van der Waals surface area contributed by atoms with Gasteiger partial charge in [0.25, 0.3) is 0 Å². The van der Waals surface area contributed by atoms with E-state index in [9.17, 15) is 9.50 Å². The molecule has 0 amide bonds. The molecule has 2 heterocycles. The summed E-state index contributed by atoms with van der Waals surface area (Å²) in [4.78, 5) is 8.62. The highest BCUT2D eigenvalue weighted by Gasteiger charge is 2.16. The number of nitrogen functional groups attached to an aromatic ring is 1. The molecule has 0 aliphatic rings. The molecular weight excluding hydrogens is 273 g/mol. The summed E-state index contributed by atoms with van der Waals surface area (Å²) in [5.74, 6) is -0.0783. The quantitative estimate of drug-likeness (QED) is 0.672. The van der Waals surface area contributed by atoms with Gasteiger partial charge in [-0.2, -0.15) is 5.10 Å². The van der Waals surface area contributed by atoms with Gasteiger partial charge in [-0.25, -0.2) is 14.4 Å². The minimum absolute atomic E-state index is 0.131. The number of hydrogen-bond acceptors (Lipinski definition) is 5. The minimum atomic E-state index is -0.686. The molecule has 21 heavy (non-hydrogen) atoms. The first-order valence-electron chi connectivity index (χ1n) is 6.47. The normalized spacial score (nSPS) is 11.4. The molecule has 1 aromatic carbocycles. The number of hydrogen-bond donors (Lipinski definition) is 3. The van der Waals surface area contributed by atoms with E-state index in [2.05, 4.69) is 20.2 Å². The molecule has 0 spiro atoms. The lowest BCUT2D eigenvalue weighted by molar-refractivity contribution is 0.432. The number of aromatic hydroxyl groups is 1. The molecule has 7 heteroatoms. The summed E-state index contributed by atoms with van der Waals surface area (Å²) in [6.45, 7) is 3.93. The monoisotopic (exact) mass is 287 g/mol. The predicted molar refractivity (Wildman–Crippen MR) is 77.2 cm³/mol. The second kappa shape index (κ2) is 4.69. The van der Waals surface area contributed by atoms with Crippen LogP contribution in [0, 0.1) is 5.82 Å². The number of nitrogens with zero attached hydrogens (tertiary/aromatic N) is 3. The van der Waals surface area contributed by atoms with E-state index in [-0.39, 0.29) is 5.92 Å². The maximum atomic E-state index is 13.2. The maximum Gasteiger partial charge on any atom is 0.187 e. The Labute approximate surface area is 119 Å². The van der Waals surface area contributed by atoms with Crippen molar-refractivity contribution in [1.29, 1.82) is 0 Å². The Hall–Kier alpha value is -2.70. The number of phenols is 1. The van der Waals surface area contributed by atoms with Gasteiger partial charge in [-0.15, -0.1) is 0 Å². The second-order valence-corrected chi connectivity index (χ2v) is 5.09. The third-order valence-electron chi connectivity index (χ3n) is 3.21. The molecule has 3 aromatic rings. The number of fused-ring (bicyclic) bond motifs is 1. The molecule has 0 saturated heterocycles. The van der Waals surface area contributed by atoms with Gasteiger partial charge in [-0.05, 0) is 18.2 Å². The zero-order valence-corrected chi connectivity index (χ0v) is 11.6. The van der Waals surface area contributed by atoms with E-state index in [1.807, 2.05) is 13.8 Å². The number of aromatic nitrogens is 4. The fraction of sp³-hybridized carbons (Fsp3) is 0.214. The number of halogens is 1. The fourth-order valence-corrected chi connectivity index (χ4v) is 2.10. The lowest BCUT2D eigenvalue weighted by atomic mass is 10.1. The Morgan fingerprint density at radius 2 is 2.05 bits per heavy atom. The molecule has 4 N–H and O–H groups in total. The van der Waals surface area contributed by atoms with Crippen molar-refractivity contribution in [3.63, 3.8) is 0 Å². The molecule has 0 unspecified atom stereocenters. The van der Waals surface area contributed by atoms with Gasteiger partial charge in [-0.1, -0.05) is 13.8 Å². The smallest absolute Gasteiger partial charge is 0.187 e. The van der Waals surface area contributed by atoms with Gasteiger partial charge in [0, 0.05) is 11.5 Å². The van der Waals surface area contributed by atoms with Gasteiger partial charge in [0.05, 0.1) is 11.1 Å². The number of nitrogens with one attached hydrogen (secondary N) is 1. The third kappa shape index (κ3) is 2.16. The van der Waals surface area contributed by atoms with Crippen molar-refractivity contribution < 1.29 is 9.50 Å². The third-order valence-corrected chi connectivity index (χ3v) is 3.21. The molecule has 0 aliphatic heterocycles. The van der Waals surface area contributed by atoms with E-state index in [4.69, 9.17) is 5.73 Å². The van der Waals surface area contributed by atoms with Gasteiger partial charge in [0.1, 0.15) is 11.6 Å². The molecule has 3 rings (SSSR count). The van der Waals surface area contributed by atoms with Crippen LogP contribution >= 0.6 is 0 Å². The maximum absolute atomic E-state index is 13.2. The molecule has 0 saturated carbocycles. The van der Waals surface area contributed by atoms with Crippen molar-refractivity contribution in [1.82, 2.24) is 20.2 Å².